The van der Waals surface area contributed by atoms with Crippen molar-refractivity contribution in [2.24, 2.45) is 4.99 Å². The van der Waals surface area contributed by atoms with Crippen molar-refractivity contribution in [3.63, 3.8) is 0 Å². The highest BCUT2D eigenvalue weighted by molar-refractivity contribution is 9.10. The number of nitro groups is 1. The van der Waals surface area contributed by atoms with Crippen molar-refractivity contribution in [3.05, 3.63) is 62.9 Å². The lowest BCUT2D eigenvalue weighted by Gasteiger charge is -1.98. The van der Waals surface area contributed by atoms with Gasteiger partial charge in [-0.1, -0.05) is 15.9 Å². The lowest BCUT2D eigenvalue weighted by molar-refractivity contribution is -0.385. The minimum absolute atomic E-state index is 0.0193. The molecule has 18 heavy (non-hydrogen) atoms. The summed E-state index contributed by atoms with van der Waals surface area (Å²) in [5.41, 5.74) is 1.11. The zero-order valence-corrected chi connectivity index (χ0v) is 10.7. The first-order valence-electron chi connectivity index (χ1n) is 5.05. The van der Waals surface area contributed by atoms with Gasteiger partial charge in [-0.25, -0.2) is 0 Å². The van der Waals surface area contributed by atoms with Crippen molar-refractivity contribution < 1.29 is 4.92 Å². The summed E-state index contributed by atoms with van der Waals surface area (Å²) in [6.45, 7) is 0. The van der Waals surface area contributed by atoms with Crippen LogP contribution in [0.1, 0.15) is 5.56 Å². The zero-order valence-electron chi connectivity index (χ0n) is 9.15. The van der Waals surface area contributed by atoms with Gasteiger partial charge in [0, 0.05) is 23.0 Å². The number of hydrogen-bond acceptors (Lipinski definition) is 4. The fourth-order valence-corrected chi connectivity index (χ4v) is 1.75. The Morgan fingerprint density at radius 1 is 1.39 bits per heavy atom. The number of rotatable bonds is 3. The Balaban J connectivity index is 2.36. The van der Waals surface area contributed by atoms with Gasteiger partial charge in [0.2, 0.25) is 0 Å². The van der Waals surface area contributed by atoms with E-state index in [1.807, 2.05) is 0 Å². The van der Waals surface area contributed by atoms with Crippen LogP contribution in [0.25, 0.3) is 0 Å². The lowest BCUT2D eigenvalue weighted by atomic mass is 10.2. The molecule has 0 radical (unpaired) electrons. The predicted octanol–water partition coefficient (Wildman–Crippen LogP) is 3.50. The molecule has 0 aliphatic rings. The van der Waals surface area contributed by atoms with E-state index in [4.69, 9.17) is 0 Å². The fraction of sp³-hybridized carbons (Fsp3) is 0. The molecule has 2 aromatic rings. The van der Waals surface area contributed by atoms with E-state index in [1.54, 1.807) is 36.7 Å². The van der Waals surface area contributed by atoms with Crippen LogP contribution in [-0.2, 0) is 0 Å². The van der Waals surface area contributed by atoms with Crippen molar-refractivity contribution >= 4 is 33.5 Å². The molecule has 0 fully saturated rings. The fourth-order valence-electron chi connectivity index (χ4n) is 1.37. The average Bonchev–Trinajstić information content (AvgIpc) is 2.37. The summed E-state index contributed by atoms with van der Waals surface area (Å²) in [6, 6.07) is 8.24. The molecule has 5 nitrogen and oxygen atoms in total. The Morgan fingerprint density at radius 2 is 2.22 bits per heavy atom. The Kier molecular flexibility index (Phi) is 3.78. The standard InChI is InChI=1S/C12H8BrN3O2/c13-10-3-4-12(16(17)18)9(6-10)7-15-11-2-1-5-14-8-11/h1-8H. The molecular formula is C12H8BrN3O2. The molecule has 6 heteroatoms. The molecule has 0 bridgehead atoms. The van der Waals surface area contributed by atoms with Gasteiger partial charge in [-0.15, -0.1) is 0 Å². The van der Waals surface area contributed by atoms with Gasteiger partial charge in [0.05, 0.1) is 22.4 Å². The van der Waals surface area contributed by atoms with Gasteiger partial charge in [0.25, 0.3) is 5.69 Å². The minimum atomic E-state index is -0.433. The van der Waals surface area contributed by atoms with E-state index >= 15 is 0 Å². The van der Waals surface area contributed by atoms with Gasteiger partial charge < -0.3 is 0 Å². The molecule has 0 aliphatic carbocycles. The predicted molar refractivity (Wildman–Crippen MR) is 72.3 cm³/mol. The Labute approximate surface area is 111 Å². The van der Waals surface area contributed by atoms with Gasteiger partial charge in [-0.05, 0) is 24.3 Å². The highest BCUT2D eigenvalue weighted by Gasteiger charge is 2.11. The number of benzene rings is 1. The van der Waals surface area contributed by atoms with Crippen LogP contribution in [0.15, 0.2) is 52.2 Å². The molecule has 0 saturated carbocycles. The first kappa shape index (κ1) is 12.4. The van der Waals surface area contributed by atoms with E-state index in [0.717, 1.165) is 4.47 Å². The molecule has 90 valence electrons. The largest absolute Gasteiger partial charge is 0.278 e. The van der Waals surface area contributed by atoms with Gasteiger partial charge in [-0.2, -0.15) is 0 Å². The summed E-state index contributed by atoms with van der Waals surface area (Å²) in [5, 5.41) is 10.9. The molecule has 0 spiro atoms. The van der Waals surface area contributed by atoms with Crippen LogP contribution in [0.4, 0.5) is 11.4 Å². The summed E-state index contributed by atoms with van der Waals surface area (Å²) < 4.78 is 0.765. The van der Waals surface area contributed by atoms with Crippen molar-refractivity contribution in [1.29, 1.82) is 0 Å². The highest BCUT2D eigenvalue weighted by atomic mass is 79.9. The third kappa shape index (κ3) is 2.98. The first-order valence-corrected chi connectivity index (χ1v) is 5.84. The van der Waals surface area contributed by atoms with Crippen molar-refractivity contribution in [1.82, 2.24) is 4.98 Å². The zero-order chi connectivity index (χ0) is 13.0. The Morgan fingerprint density at radius 3 is 2.89 bits per heavy atom. The first-order chi connectivity index (χ1) is 8.66. The number of aliphatic imine (C=N–C) groups is 1. The van der Waals surface area contributed by atoms with E-state index in [-0.39, 0.29) is 5.69 Å². The summed E-state index contributed by atoms with van der Waals surface area (Å²) in [5.74, 6) is 0. The van der Waals surface area contributed by atoms with E-state index in [9.17, 15) is 10.1 Å². The van der Waals surface area contributed by atoms with Crippen LogP contribution in [-0.4, -0.2) is 16.1 Å². The number of nitrogens with zero attached hydrogens (tertiary/aromatic N) is 3. The molecule has 0 amide bonds. The molecule has 0 N–H and O–H groups in total. The third-order valence-electron chi connectivity index (χ3n) is 2.18. The Hall–Kier alpha value is -2.08. The monoisotopic (exact) mass is 305 g/mol. The second-order valence-electron chi connectivity index (χ2n) is 3.43. The number of halogens is 1. The SMILES string of the molecule is O=[N+]([O-])c1ccc(Br)cc1C=Nc1cccnc1. The summed E-state index contributed by atoms with van der Waals surface area (Å²) in [7, 11) is 0. The Bertz CT molecular complexity index is 600. The van der Waals surface area contributed by atoms with Gasteiger partial charge >= 0.3 is 0 Å². The lowest BCUT2D eigenvalue weighted by Crippen LogP contribution is -1.94. The van der Waals surface area contributed by atoms with E-state index in [0.29, 0.717) is 11.3 Å². The minimum Gasteiger partial charge on any atom is -0.262 e. The quantitative estimate of drug-likeness (QED) is 0.495. The molecule has 1 heterocycles. The number of pyridine rings is 1. The molecule has 1 aromatic carbocycles. The molecule has 1 aromatic heterocycles. The van der Waals surface area contributed by atoms with E-state index < -0.39 is 4.92 Å². The van der Waals surface area contributed by atoms with Gasteiger partial charge in [0.1, 0.15) is 0 Å². The summed E-state index contributed by atoms with van der Waals surface area (Å²) >= 11 is 3.28. The molecule has 0 aliphatic heterocycles. The number of nitro benzene ring substituents is 1. The maximum absolute atomic E-state index is 10.9. The van der Waals surface area contributed by atoms with Crippen molar-refractivity contribution in [2.45, 2.75) is 0 Å². The van der Waals surface area contributed by atoms with Crippen molar-refractivity contribution in [2.75, 3.05) is 0 Å². The van der Waals surface area contributed by atoms with Crippen LogP contribution in [0.5, 0.6) is 0 Å². The maximum Gasteiger partial charge on any atom is 0.278 e. The topological polar surface area (TPSA) is 68.4 Å². The normalized spacial score (nSPS) is 10.7. The second-order valence-corrected chi connectivity index (χ2v) is 4.35. The highest BCUT2D eigenvalue weighted by Crippen LogP contribution is 2.22. The molecular weight excluding hydrogens is 298 g/mol. The number of hydrogen-bond donors (Lipinski definition) is 0. The number of aromatic nitrogens is 1. The smallest absolute Gasteiger partial charge is 0.262 e. The van der Waals surface area contributed by atoms with Crippen LogP contribution in [0, 0.1) is 10.1 Å². The van der Waals surface area contributed by atoms with Crippen LogP contribution in [0.2, 0.25) is 0 Å². The van der Waals surface area contributed by atoms with Gasteiger partial charge in [-0.3, -0.25) is 20.1 Å². The van der Waals surface area contributed by atoms with Gasteiger partial charge in [0.15, 0.2) is 0 Å². The van der Waals surface area contributed by atoms with Crippen LogP contribution in [0.3, 0.4) is 0 Å². The third-order valence-corrected chi connectivity index (χ3v) is 2.68. The average molecular weight is 306 g/mol. The van der Waals surface area contributed by atoms with E-state index in [2.05, 4.69) is 25.9 Å². The summed E-state index contributed by atoms with van der Waals surface area (Å²) in [4.78, 5) is 18.5. The summed E-state index contributed by atoms with van der Waals surface area (Å²) in [6.07, 6.45) is 4.68. The van der Waals surface area contributed by atoms with Crippen LogP contribution >= 0.6 is 15.9 Å². The molecule has 0 unspecified atom stereocenters. The molecule has 0 atom stereocenters. The maximum atomic E-state index is 10.9. The van der Waals surface area contributed by atoms with E-state index in [1.165, 1.54) is 12.3 Å². The second kappa shape index (κ2) is 5.50. The van der Waals surface area contributed by atoms with Crippen molar-refractivity contribution in [3.8, 4) is 0 Å². The molecule has 2 rings (SSSR count). The van der Waals surface area contributed by atoms with Crippen LogP contribution < -0.4 is 0 Å². The molecule has 0 saturated heterocycles.